The SMILES string of the molecule is Cc1ccc(N2C(=O)N(CC(=O)Nc3c(C)cc(C)cc3Cl)C(=O)[C@@H]2C)cc1. The fourth-order valence-electron chi connectivity index (χ4n) is 3.31. The average molecular weight is 400 g/mol. The highest BCUT2D eigenvalue weighted by Gasteiger charge is 2.44. The van der Waals surface area contributed by atoms with Crippen LogP contribution in [0.3, 0.4) is 0 Å². The first-order valence-electron chi connectivity index (χ1n) is 8.97. The Hall–Kier alpha value is -2.86. The van der Waals surface area contributed by atoms with E-state index in [2.05, 4.69) is 5.32 Å². The number of nitrogens with zero attached hydrogens (tertiary/aromatic N) is 2. The third kappa shape index (κ3) is 3.73. The summed E-state index contributed by atoms with van der Waals surface area (Å²) in [6.45, 7) is 6.97. The zero-order valence-corrected chi connectivity index (χ0v) is 17.0. The molecule has 7 heteroatoms. The van der Waals surface area contributed by atoms with Crippen LogP contribution in [0.25, 0.3) is 0 Å². The Bertz CT molecular complexity index is 933. The van der Waals surface area contributed by atoms with Crippen molar-refractivity contribution in [2.75, 3.05) is 16.8 Å². The molecule has 4 amide bonds. The standard InChI is InChI=1S/C21H22ClN3O3/c1-12-5-7-16(8-6-12)25-15(4)20(27)24(21(25)28)11-18(26)23-19-14(3)9-13(2)10-17(19)22/h5-10,15H,11H2,1-4H3,(H,23,26)/t15-/m0/s1. The highest BCUT2D eigenvalue weighted by atomic mass is 35.5. The van der Waals surface area contributed by atoms with Crippen LogP contribution in [0.2, 0.25) is 5.02 Å². The first-order chi connectivity index (χ1) is 13.2. The first-order valence-corrected chi connectivity index (χ1v) is 9.34. The monoisotopic (exact) mass is 399 g/mol. The van der Waals surface area contributed by atoms with Gasteiger partial charge in [-0.3, -0.25) is 19.4 Å². The number of rotatable bonds is 4. The normalized spacial score (nSPS) is 16.7. The molecule has 6 nitrogen and oxygen atoms in total. The van der Waals surface area contributed by atoms with E-state index in [1.807, 2.05) is 39.0 Å². The van der Waals surface area contributed by atoms with Gasteiger partial charge in [0.15, 0.2) is 0 Å². The van der Waals surface area contributed by atoms with E-state index in [1.54, 1.807) is 25.1 Å². The average Bonchev–Trinajstić information content (AvgIpc) is 2.83. The number of anilines is 2. The van der Waals surface area contributed by atoms with Crippen LogP contribution in [0.15, 0.2) is 36.4 Å². The number of hydrogen-bond acceptors (Lipinski definition) is 3. The third-order valence-electron chi connectivity index (χ3n) is 4.76. The lowest BCUT2D eigenvalue weighted by molar-refractivity contribution is -0.130. The molecule has 3 rings (SSSR count). The van der Waals surface area contributed by atoms with Gasteiger partial charge in [0.2, 0.25) is 5.91 Å². The summed E-state index contributed by atoms with van der Waals surface area (Å²) in [6.07, 6.45) is 0. The zero-order valence-electron chi connectivity index (χ0n) is 16.2. The van der Waals surface area contributed by atoms with E-state index in [0.29, 0.717) is 16.4 Å². The molecule has 0 radical (unpaired) electrons. The van der Waals surface area contributed by atoms with Crippen molar-refractivity contribution in [2.45, 2.75) is 33.7 Å². The molecular formula is C21H22ClN3O3. The summed E-state index contributed by atoms with van der Waals surface area (Å²) >= 11 is 6.22. The first kappa shape index (κ1) is 19.9. The molecule has 146 valence electrons. The number of urea groups is 1. The Morgan fingerprint density at radius 1 is 1.07 bits per heavy atom. The van der Waals surface area contributed by atoms with E-state index in [9.17, 15) is 14.4 Å². The van der Waals surface area contributed by atoms with Crippen molar-refractivity contribution in [3.05, 3.63) is 58.1 Å². The van der Waals surface area contributed by atoms with E-state index in [4.69, 9.17) is 11.6 Å². The molecule has 1 atom stereocenters. The van der Waals surface area contributed by atoms with Gasteiger partial charge in [0.1, 0.15) is 12.6 Å². The Morgan fingerprint density at radius 3 is 2.32 bits per heavy atom. The lowest BCUT2D eigenvalue weighted by Gasteiger charge is -2.19. The van der Waals surface area contributed by atoms with Gasteiger partial charge < -0.3 is 5.32 Å². The van der Waals surface area contributed by atoms with Crippen LogP contribution in [-0.4, -0.2) is 35.3 Å². The number of carbonyl (C=O) groups is 3. The number of aryl methyl sites for hydroxylation is 3. The van der Waals surface area contributed by atoms with Crippen LogP contribution in [0.4, 0.5) is 16.2 Å². The summed E-state index contributed by atoms with van der Waals surface area (Å²) in [5, 5.41) is 3.13. The van der Waals surface area contributed by atoms with Crippen molar-refractivity contribution in [1.82, 2.24) is 4.90 Å². The van der Waals surface area contributed by atoms with Gasteiger partial charge in [-0.15, -0.1) is 0 Å². The summed E-state index contributed by atoms with van der Waals surface area (Å²) in [5.74, 6) is -0.888. The molecule has 0 bridgehead atoms. The number of nitrogens with one attached hydrogen (secondary N) is 1. The van der Waals surface area contributed by atoms with Crippen LogP contribution in [0.5, 0.6) is 0 Å². The fourth-order valence-corrected chi connectivity index (χ4v) is 3.68. The van der Waals surface area contributed by atoms with Crippen LogP contribution in [0.1, 0.15) is 23.6 Å². The minimum atomic E-state index is -0.673. The van der Waals surface area contributed by atoms with Crippen molar-refractivity contribution in [1.29, 1.82) is 0 Å². The van der Waals surface area contributed by atoms with Gasteiger partial charge in [0, 0.05) is 5.69 Å². The second kappa shape index (κ2) is 7.64. The largest absolute Gasteiger partial charge is 0.332 e. The van der Waals surface area contributed by atoms with Crippen LogP contribution < -0.4 is 10.2 Å². The van der Waals surface area contributed by atoms with E-state index >= 15 is 0 Å². The van der Waals surface area contributed by atoms with Gasteiger partial charge in [-0.05, 0) is 57.0 Å². The maximum absolute atomic E-state index is 12.8. The second-order valence-corrected chi connectivity index (χ2v) is 7.48. The van der Waals surface area contributed by atoms with Gasteiger partial charge >= 0.3 is 6.03 Å². The van der Waals surface area contributed by atoms with E-state index in [1.165, 1.54) is 4.90 Å². The van der Waals surface area contributed by atoms with E-state index < -0.39 is 23.9 Å². The molecule has 0 aromatic heterocycles. The molecular weight excluding hydrogens is 378 g/mol. The van der Waals surface area contributed by atoms with Crippen molar-refractivity contribution >= 4 is 40.8 Å². The zero-order chi connectivity index (χ0) is 20.6. The highest BCUT2D eigenvalue weighted by Crippen LogP contribution is 2.28. The van der Waals surface area contributed by atoms with Gasteiger partial charge in [-0.1, -0.05) is 35.4 Å². The maximum Gasteiger partial charge on any atom is 0.332 e. The summed E-state index contributed by atoms with van der Waals surface area (Å²) < 4.78 is 0. The molecule has 28 heavy (non-hydrogen) atoms. The molecule has 0 spiro atoms. The van der Waals surface area contributed by atoms with E-state index in [0.717, 1.165) is 21.6 Å². The summed E-state index contributed by atoms with van der Waals surface area (Å²) in [6, 6.07) is 9.78. The van der Waals surface area contributed by atoms with Crippen molar-refractivity contribution in [3.63, 3.8) is 0 Å². The quantitative estimate of drug-likeness (QED) is 0.788. The molecule has 1 aliphatic rings. The molecule has 0 unspecified atom stereocenters. The van der Waals surface area contributed by atoms with Crippen LogP contribution in [0, 0.1) is 20.8 Å². The number of amides is 4. The molecule has 0 saturated carbocycles. The number of imide groups is 1. The Labute approximate surface area is 169 Å². The fraction of sp³-hybridized carbons (Fsp3) is 0.286. The molecule has 2 aromatic carbocycles. The minimum absolute atomic E-state index is 0.367. The van der Waals surface area contributed by atoms with Crippen molar-refractivity contribution in [3.8, 4) is 0 Å². The molecule has 0 aliphatic carbocycles. The molecule has 1 N–H and O–H groups in total. The predicted octanol–water partition coefficient (Wildman–Crippen LogP) is 4.06. The number of hydrogen-bond donors (Lipinski definition) is 1. The number of carbonyl (C=O) groups excluding carboxylic acids is 3. The Kier molecular flexibility index (Phi) is 5.42. The second-order valence-electron chi connectivity index (χ2n) is 7.08. The maximum atomic E-state index is 12.8. The number of benzene rings is 2. The highest BCUT2D eigenvalue weighted by molar-refractivity contribution is 6.34. The topological polar surface area (TPSA) is 69.7 Å². The molecule has 1 aliphatic heterocycles. The smallest absolute Gasteiger partial charge is 0.323 e. The van der Waals surface area contributed by atoms with Crippen LogP contribution in [-0.2, 0) is 9.59 Å². The van der Waals surface area contributed by atoms with Crippen molar-refractivity contribution < 1.29 is 14.4 Å². The van der Waals surface area contributed by atoms with Gasteiger partial charge in [-0.2, -0.15) is 0 Å². The minimum Gasteiger partial charge on any atom is -0.323 e. The van der Waals surface area contributed by atoms with Gasteiger partial charge in [-0.25, -0.2) is 4.79 Å². The van der Waals surface area contributed by atoms with Crippen LogP contribution >= 0.6 is 11.6 Å². The Balaban J connectivity index is 1.77. The molecule has 1 fully saturated rings. The molecule has 1 saturated heterocycles. The molecule has 2 aromatic rings. The molecule has 1 heterocycles. The van der Waals surface area contributed by atoms with Crippen molar-refractivity contribution in [2.24, 2.45) is 0 Å². The lowest BCUT2D eigenvalue weighted by atomic mass is 10.1. The van der Waals surface area contributed by atoms with Gasteiger partial charge in [0.25, 0.3) is 5.91 Å². The summed E-state index contributed by atoms with van der Waals surface area (Å²) in [7, 11) is 0. The summed E-state index contributed by atoms with van der Waals surface area (Å²) in [5.41, 5.74) is 3.95. The summed E-state index contributed by atoms with van der Waals surface area (Å²) in [4.78, 5) is 40.3. The van der Waals surface area contributed by atoms with E-state index in [-0.39, 0.29) is 6.54 Å². The third-order valence-corrected chi connectivity index (χ3v) is 5.06. The Morgan fingerprint density at radius 2 is 1.71 bits per heavy atom. The predicted molar refractivity (Wildman–Crippen MR) is 110 cm³/mol. The number of halogens is 1. The lowest BCUT2D eigenvalue weighted by Crippen LogP contribution is -2.39. The van der Waals surface area contributed by atoms with Gasteiger partial charge in [0.05, 0.1) is 10.7 Å².